The fraction of sp³-hybridized carbons (Fsp3) is 0.312. The summed E-state index contributed by atoms with van der Waals surface area (Å²) in [6.45, 7) is 1.17. The van der Waals surface area contributed by atoms with Crippen LogP contribution in [0.3, 0.4) is 0 Å². The molecule has 0 bridgehead atoms. The summed E-state index contributed by atoms with van der Waals surface area (Å²) in [7, 11) is 1.53. The molecule has 7 heteroatoms. The van der Waals surface area contributed by atoms with Gasteiger partial charge in [-0.1, -0.05) is 18.2 Å². The molecule has 1 aromatic carbocycles. The minimum absolute atomic E-state index is 0.0841. The zero-order valence-corrected chi connectivity index (χ0v) is 12.8. The van der Waals surface area contributed by atoms with Crippen molar-refractivity contribution in [2.24, 2.45) is 0 Å². The van der Waals surface area contributed by atoms with E-state index < -0.39 is 0 Å². The molecule has 2 heterocycles. The number of nitrogens with one attached hydrogen (secondary N) is 1. The van der Waals surface area contributed by atoms with E-state index in [2.05, 4.69) is 15.5 Å². The highest BCUT2D eigenvalue weighted by Gasteiger charge is 2.28. The van der Waals surface area contributed by atoms with E-state index in [1.807, 2.05) is 30.3 Å². The monoisotopic (exact) mass is 314 g/mol. The minimum Gasteiger partial charge on any atom is -0.480 e. The van der Waals surface area contributed by atoms with Gasteiger partial charge < -0.3 is 19.7 Å². The van der Waals surface area contributed by atoms with E-state index in [-0.39, 0.29) is 12.1 Å². The lowest BCUT2D eigenvalue weighted by Gasteiger charge is -2.17. The maximum Gasteiger partial charge on any atom is 0.321 e. The third-order valence-corrected chi connectivity index (χ3v) is 3.57. The van der Waals surface area contributed by atoms with Crippen LogP contribution in [0.15, 0.2) is 42.5 Å². The lowest BCUT2D eigenvalue weighted by molar-refractivity contribution is 0.188. The van der Waals surface area contributed by atoms with Gasteiger partial charge in [0.1, 0.15) is 6.10 Å². The van der Waals surface area contributed by atoms with E-state index in [1.165, 1.54) is 7.11 Å². The largest absolute Gasteiger partial charge is 0.480 e. The molecule has 1 N–H and O–H groups in total. The number of methoxy groups -OCH3 is 1. The van der Waals surface area contributed by atoms with Gasteiger partial charge in [-0.3, -0.25) is 0 Å². The van der Waals surface area contributed by atoms with Crippen LogP contribution in [0.1, 0.15) is 6.42 Å². The van der Waals surface area contributed by atoms with Crippen LogP contribution in [0.2, 0.25) is 0 Å². The molecule has 1 unspecified atom stereocenters. The average Bonchev–Trinajstić information content (AvgIpc) is 3.05. The average molecular weight is 314 g/mol. The second-order valence-corrected chi connectivity index (χ2v) is 5.18. The summed E-state index contributed by atoms with van der Waals surface area (Å²) >= 11 is 0. The molecule has 1 saturated heterocycles. The Balaban J connectivity index is 1.52. The Labute approximate surface area is 134 Å². The summed E-state index contributed by atoms with van der Waals surface area (Å²) in [4.78, 5) is 13.9. The number of rotatable bonds is 4. The van der Waals surface area contributed by atoms with Gasteiger partial charge in [0.15, 0.2) is 0 Å². The predicted molar refractivity (Wildman–Crippen MR) is 84.7 cm³/mol. The zero-order chi connectivity index (χ0) is 16.1. The first-order valence-electron chi connectivity index (χ1n) is 7.40. The molecule has 120 valence electrons. The van der Waals surface area contributed by atoms with Gasteiger partial charge in [-0.25, -0.2) is 4.79 Å². The smallest absolute Gasteiger partial charge is 0.321 e. The van der Waals surface area contributed by atoms with Gasteiger partial charge in [0, 0.05) is 30.8 Å². The van der Waals surface area contributed by atoms with Crippen LogP contribution < -0.4 is 14.8 Å². The maximum atomic E-state index is 12.2. The number of hydrogen-bond acceptors (Lipinski definition) is 5. The molecule has 7 nitrogen and oxygen atoms in total. The Kier molecular flexibility index (Phi) is 4.56. The van der Waals surface area contributed by atoms with Gasteiger partial charge in [0.25, 0.3) is 0 Å². The fourth-order valence-corrected chi connectivity index (χ4v) is 2.38. The van der Waals surface area contributed by atoms with Gasteiger partial charge in [0.2, 0.25) is 11.8 Å². The molecule has 0 spiro atoms. The Bertz CT molecular complexity index is 648. The molecule has 0 aliphatic carbocycles. The number of amides is 2. The third kappa shape index (κ3) is 3.88. The van der Waals surface area contributed by atoms with E-state index in [1.54, 1.807) is 17.0 Å². The highest BCUT2D eigenvalue weighted by molar-refractivity contribution is 5.89. The molecule has 23 heavy (non-hydrogen) atoms. The zero-order valence-electron chi connectivity index (χ0n) is 12.8. The summed E-state index contributed by atoms with van der Waals surface area (Å²) < 4.78 is 10.7. The normalized spacial score (nSPS) is 16.9. The second kappa shape index (κ2) is 6.95. The number of carbonyl (C=O) groups is 1. The lowest BCUT2D eigenvalue weighted by Crippen LogP contribution is -2.34. The number of hydrogen-bond donors (Lipinski definition) is 1. The number of anilines is 1. The second-order valence-electron chi connectivity index (χ2n) is 5.18. The first-order chi connectivity index (χ1) is 11.2. The van der Waals surface area contributed by atoms with Gasteiger partial charge >= 0.3 is 6.03 Å². The van der Waals surface area contributed by atoms with Gasteiger partial charge in [-0.05, 0) is 12.1 Å². The van der Waals surface area contributed by atoms with Gasteiger partial charge in [-0.15, -0.1) is 10.2 Å². The Morgan fingerprint density at radius 3 is 2.61 bits per heavy atom. The van der Waals surface area contributed by atoms with Crippen molar-refractivity contribution in [2.45, 2.75) is 12.5 Å². The molecular weight excluding hydrogens is 296 g/mol. The van der Waals surface area contributed by atoms with Gasteiger partial charge in [0.05, 0.1) is 13.7 Å². The van der Waals surface area contributed by atoms with Crippen LogP contribution in [0.5, 0.6) is 11.8 Å². The molecule has 1 aromatic heterocycles. The highest BCUT2D eigenvalue weighted by Crippen LogP contribution is 2.18. The molecule has 1 aliphatic heterocycles. The Hall–Kier alpha value is -2.83. The van der Waals surface area contributed by atoms with E-state index in [0.717, 1.165) is 12.1 Å². The molecule has 0 radical (unpaired) electrons. The summed E-state index contributed by atoms with van der Waals surface area (Å²) in [5.41, 5.74) is 0.780. The number of benzene rings is 1. The van der Waals surface area contributed by atoms with Crippen LogP contribution in [0, 0.1) is 0 Å². The first-order valence-corrected chi connectivity index (χ1v) is 7.40. The molecule has 1 fully saturated rings. The van der Waals surface area contributed by atoms with Crippen LogP contribution in [-0.4, -0.2) is 47.4 Å². The molecule has 1 aliphatic rings. The predicted octanol–water partition coefficient (Wildman–Crippen LogP) is 2.17. The van der Waals surface area contributed by atoms with Crippen molar-refractivity contribution in [2.75, 3.05) is 25.5 Å². The number of carbonyl (C=O) groups excluding carboxylic acids is 1. The van der Waals surface area contributed by atoms with Crippen molar-refractivity contribution in [1.82, 2.24) is 15.1 Å². The standard InChI is InChI=1S/C16H18N4O3/c1-22-14-7-8-15(19-18-14)23-13-9-10-20(11-13)16(21)17-12-5-3-2-4-6-12/h2-8,13H,9-11H2,1H3,(H,17,21). The van der Waals surface area contributed by atoms with Gasteiger partial charge in [-0.2, -0.15) is 0 Å². The van der Waals surface area contributed by atoms with Crippen LogP contribution >= 0.6 is 0 Å². The summed E-state index contributed by atoms with van der Waals surface area (Å²) in [5, 5.41) is 10.7. The quantitative estimate of drug-likeness (QED) is 0.936. The molecule has 1 atom stereocenters. The molecule has 0 saturated carbocycles. The van der Waals surface area contributed by atoms with E-state index in [0.29, 0.717) is 24.8 Å². The lowest BCUT2D eigenvalue weighted by atomic mass is 10.3. The van der Waals surface area contributed by atoms with Crippen LogP contribution in [-0.2, 0) is 0 Å². The highest BCUT2D eigenvalue weighted by atomic mass is 16.5. The Morgan fingerprint density at radius 1 is 1.17 bits per heavy atom. The van der Waals surface area contributed by atoms with Crippen molar-refractivity contribution in [3.63, 3.8) is 0 Å². The maximum absolute atomic E-state index is 12.2. The Morgan fingerprint density at radius 2 is 1.91 bits per heavy atom. The topological polar surface area (TPSA) is 76.6 Å². The number of nitrogens with zero attached hydrogens (tertiary/aromatic N) is 3. The SMILES string of the molecule is COc1ccc(OC2CCN(C(=O)Nc3ccccc3)C2)nn1. The molecule has 2 amide bonds. The van der Waals surface area contributed by atoms with Crippen molar-refractivity contribution in [3.05, 3.63) is 42.5 Å². The summed E-state index contributed by atoms with van der Waals surface area (Å²) in [6, 6.07) is 12.7. The van der Waals surface area contributed by atoms with Crippen molar-refractivity contribution in [3.8, 4) is 11.8 Å². The van der Waals surface area contributed by atoms with Crippen LogP contribution in [0.4, 0.5) is 10.5 Å². The van der Waals surface area contributed by atoms with E-state index >= 15 is 0 Å². The van der Waals surface area contributed by atoms with Crippen molar-refractivity contribution < 1.29 is 14.3 Å². The third-order valence-electron chi connectivity index (χ3n) is 3.57. The molecule has 3 rings (SSSR count). The first kappa shape index (κ1) is 15.1. The van der Waals surface area contributed by atoms with E-state index in [9.17, 15) is 4.79 Å². The number of para-hydroxylation sites is 1. The van der Waals surface area contributed by atoms with E-state index in [4.69, 9.17) is 9.47 Å². The fourth-order valence-electron chi connectivity index (χ4n) is 2.38. The van der Waals surface area contributed by atoms with Crippen molar-refractivity contribution in [1.29, 1.82) is 0 Å². The summed E-state index contributed by atoms with van der Waals surface area (Å²) in [5.74, 6) is 0.869. The summed E-state index contributed by atoms with van der Waals surface area (Å²) in [6.07, 6.45) is 0.676. The minimum atomic E-state index is -0.122. The molecular formula is C16H18N4O3. The number of likely N-dealkylation sites (tertiary alicyclic amines) is 1. The van der Waals surface area contributed by atoms with Crippen LogP contribution in [0.25, 0.3) is 0 Å². The molecule has 2 aromatic rings. The van der Waals surface area contributed by atoms with Crippen molar-refractivity contribution >= 4 is 11.7 Å². The number of ether oxygens (including phenoxy) is 2. The number of aromatic nitrogens is 2. The number of urea groups is 1.